The molecule has 148 valence electrons. The molecule has 0 unspecified atom stereocenters. The number of hydrogen-bond donors (Lipinski definition) is 1. The molecule has 0 aromatic carbocycles. The first kappa shape index (κ1) is 17.8. The van der Waals surface area contributed by atoms with Crippen LogP contribution >= 0.6 is 0 Å². The fourth-order valence-corrected chi connectivity index (χ4v) is 8.21. The van der Waals surface area contributed by atoms with Crippen LogP contribution in [0.5, 0.6) is 0 Å². The second-order valence-electron chi connectivity index (χ2n) is 10.3. The van der Waals surface area contributed by atoms with Crippen LogP contribution in [-0.2, 0) is 14.3 Å². The van der Waals surface area contributed by atoms with E-state index in [9.17, 15) is 9.59 Å². The number of carbonyl (C=O) groups is 2. The van der Waals surface area contributed by atoms with Gasteiger partial charge in [0.15, 0.2) is 0 Å². The fourth-order valence-electron chi connectivity index (χ4n) is 8.21. The molecule has 0 aromatic rings. The number of nitrogens with one attached hydrogen (secondary N) is 1. The minimum atomic E-state index is -0.171. The summed E-state index contributed by atoms with van der Waals surface area (Å²) >= 11 is 0. The van der Waals surface area contributed by atoms with Gasteiger partial charge >= 0.3 is 5.97 Å². The lowest BCUT2D eigenvalue weighted by atomic mass is 9.47. The minimum absolute atomic E-state index is 0.0864. The summed E-state index contributed by atoms with van der Waals surface area (Å²) in [6, 6.07) is 0.301. The third-order valence-electron chi connectivity index (χ3n) is 9.33. The number of cyclic esters (lactones) is 1. The molecule has 5 rings (SSSR count). The average molecular weight is 372 g/mol. The number of fused-ring (bicyclic) bond motifs is 4. The molecule has 3 saturated carbocycles. The Bertz CT molecular complexity index is 714. The van der Waals surface area contributed by atoms with E-state index >= 15 is 0 Å². The maximum Gasteiger partial charge on any atom is 0.313 e. The zero-order valence-electron chi connectivity index (χ0n) is 16.9. The van der Waals surface area contributed by atoms with Crippen LogP contribution in [0.25, 0.3) is 0 Å². The Labute approximate surface area is 162 Å². The maximum atomic E-state index is 12.9. The smallest absolute Gasteiger partial charge is 0.313 e. The lowest BCUT2D eigenvalue weighted by Gasteiger charge is -2.57. The molecule has 4 heteroatoms. The van der Waals surface area contributed by atoms with Crippen molar-refractivity contribution in [1.29, 1.82) is 0 Å². The first-order chi connectivity index (χ1) is 12.9. The van der Waals surface area contributed by atoms with Gasteiger partial charge in [-0.15, -0.1) is 0 Å². The van der Waals surface area contributed by atoms with Crippen molar-refractivity contribution in [1.82, 2.24) is 5.32 Å². The first-order valence-corrected chi connectivity index (χ1v) is 11.0. The van der Waals surface area contributed by atoms with E-state index in [1.165, 1.54) is 12.8 Å². The van der Waals surface area contributed by atoms with E-state index in [1.54, 1.807) is 12.5 Å². The third kappa shape index (κ3) is 2.28. The lowest BCUT2D eigenvalue weighted by molar-refractivity contribution is -0.156. The van der Waals surface area contributed by atoms with Crippen LogP contribution in [0.1, 0.15) is 72.1 Å². The Morgan fingerprint density at radius 2 is 1.93 bits per heavy atom. The van der Waals surface area contributed by atoms with Crippen molar-refractivity contribution in [3.63, 3.8) is 0 Å². The van der Waals surface area contributed by atoms with Crippen molar-refractivity contribution in [2.45, 2.75) is 84.3 Å². The van der Waals surface area contributed by atoms with Crippen LogP contribution in [0.2, 0.25) is 0 Å². The quantitative estimate of drug-likeness (QED) is 0.560. The Morgan fingerprint density at radius 3 is 2.70 bits per heavy atom. The molecule has 5 aliphatic rings. The van der Waals surface area contributed by atoms with E-state index in [4.69, 9.17) is 4.74 Å². The molecular weight excluding hydrogens is 338 g/mol. The highest BCUT2D eigenvalue weighted by Crippen LogP contribution is 2.68. The van der Waals surface area contributed by atoms with Gasteiger partial charge in [-0.1, -0.05) is 18.6 Å². The summed E-state index contributed by atoms with van der Waals surface area (Å²) in [4.78, 5) is 24.4. The summed E-state index contributed by atoms with van der Waals surface area (Å²) in [7, 11) is 0. The largest absolute Gasteiger partial charge is 0.462 e. The van der Waals surface area contributed by atoms with E-state index in [2.05, 4.69) is 25.2 Å². The van der Waals surface area contributed by atoms with Crippen molar-refractivity contribution in [2.75, 3.05) is 0 Å². The molecular formula is C23H33NO3. The van der Waals surface area contributed by atoms with Crippen LogP contribution in [-0.4, -0.2) is 24.0 Å². The molecule has 0 radical (unpaired) electrons. The molecule has 1 heterocycles. The van der Waals surface area contributed by atoms with E-state index in [1.807, 2.05) is 0 Å². The molecule has 0 bridgehead atoms. The lowest BCUT2D eigenvalue weighted by Crippen LogP contribution is -2.53. The van der Waals surface area contributed by atoms with Gasteiger partial charge < -0.3 is 10.1 Å². The number of rotatable bonds is 1. The van der Waals surface area contributed by atoms with Crippen molar-refractivity contribution in [2.24, 2.45) is 34.5 Å². The number of esters is 1. The highest BCUT2D eigenvalue weighted by Gasteiger charge is 2.68. The minimum Gasteiger partial charge on any atom is -0.462 e. The Balaban J connectivity index is 1.44. The normalized spacial score (nSPS) is 50.6. The van der Waals surface area contributed by atoms with Gasteiger partial charge in [0.2, 0.25) is 5.91 Å². The van der Waals surface area contributed by atoms with Crippen LogP contribution in [0, 0.1) is 34.5 Å². The van der Waals surface area contributed by atoms with Gasteiger partial charge in [-0.3, -0.25) is 9.59 Å². The van der Waals surface area contributed by atoms with Crippen LogP contribution in [0.4, 0.5) is 0 Å². The number of amides is 1. The topological polar surface area (TPSA) is 55.4 Å². The fraction of sp³-hybridized carbons (Fsp3) is 0.826. The SMILES string of the molecule is CC(=O)N[C@@H]1CC[C@@]2(C)C(=CC[C@H]3[C@@H]4CC[C@@H]5[C@H](C)OC(=O)[C@@]54CC[C@@H]32)C1. The van der Waals surface area contributed by atoms with E-state index < -0.39 is 0 Å². The molecule has 1 N–H and O–H groups in total. The summed E-state index contributed by atoms with van der Waals surface area (Å²) in [5.74, 6) is 2.49. The molecule has 4 nitrogen and oxygen atoms in total. The third-order valence-corrected chi connectivity index (χ3v) is 9.33. The summed E-state index contributed by atoms with van der Waals surface area (Å²) in [5, 5.41) is 3.14. The van der Waals surface area contributed by atoms with E-state index in [0.717, 1.165) is 38.5 Å². The van der Waals surface area contributed by atoms with Gasteiger partial charge in [-0.05, 0) is 81.5 Å². The van der Waals surface area contributed by atoms with Gasteiger partial charge in [0, 0.05) is 18.9 Å². The first-order valence-electron chi connectivity index (χ1n) is 11.0. The number of ether oxygens (including phenoxy) is 1. The molecule has 4 aliphatic carbocycles. The molecule has 1 amide bonds. The summed E-state index contributed by atoms with van der Waals surface area (Å²) in [6.07, 6.45) is 11.5. The van der Waals surface area contributed by atoms with Gasteiger partial charge in [0.1, 0.15) is 6.10 Å². The van der Waals surface area contributed by atoms with Gasteiger partial charge in [0.25, 0.3) is 0 Å². The van der Waals surface area contributed by atoms with Crippen molar-refractivity contribution >= 4 is 11.9 Å². The Kier molecular flexibility index (Phi) is 3.84. The predicted octanol–water partition coefficient (Wildman–Crippen LogP) is 4.00. The second-order valence-corrected chi connectivity index (χ2v) is 10.3. The Morgan fingerprint density at radius 1 is 1.15 bits per heavy atom. The molecule has 1 spiro atoms. The van der Waals surface area contributed by atoms with Gasteiger partial charge in [-0.25, -0.2) is 0 Å². The summed E-state index contributed by atoms with van der Waals surface area (Å²) in [6.45, 7) is 6.20. The molecule has 1 aliphatic heterocycles. The zero-order chi connectivity index (χ0) is 19.0. The van der Waals surface area contributed by atoms with E-state index in [-0.39, 0.29) is 28.8 Å². The monoisotopic (exact) mass is 371 g/mol. The second kappa shape index (κ2) is 5.84. The molecule has 0 aromatic heterocycles. The zero-order valence-corrected chi connectivity index (χ0v) is 16.9. The standard InChI is InChI=1S/C23H33NO3/c1-13-18-6-7-20-17-5-4-15-12-16(24-14(2)25)8-10-22(15,3)19(17)9-11-23(18,20)21(26)27-13/h4,13,16-20H,5-12H2,1-3H3,(H,24,25)/t13-,16+,17+,18+,19-,20-,22-,23-/m0/s1. The van der Waals surface area contributed by atoms with Crippen molar-refractivity contribution in [3.8, 4) is 0 Å². The number of allylic oxidation sites excluding steroid dienone is 1. The molecule has 8 atom stereocenters. The molecule has 1 saturated heterocycles. The molecule has 27 heavy (non-hydrogen) atoms. The van der Waals surface area contributed by atoms with Crippen molar-refractivity contribution in [3.05, 3.63) is 11.6 Å². The average Bonchev–Trinajstić information content (AvgIpc) is 3.11. The molecule has 4 fully saturated rings. The highest BCUT2D eigenvalue weighted by atomic mass is 16.6. The van der Waals surface area contributed by atoms with Crippen LogP contribution in [0.3, 0.4) is 0 Å². The van der Waals surface area contributed by atoms with Crippen molar-refractivity contribution < 1.29 is 14.3 Å². The Hall–Kier alpha value is -1.32. The van der Waals surface area contributed by atoms with Gasteiger partial charge in [0.05, 0.1) is 5.41 Å². The number of hydrogen-bond acceptors (Lipinski definition) is 3. The van der Waals surface area contributed by atoms with E-state index in [0.29, 0.717) is 29.7 Å². The van der Waals surface area contributed by atoms with Crippen LogP contribution in [0.15, 0.2) is 11.6 Å². The maximum absolute atomic E-state index is 12.9. The summed E-state index contributed by atoms with van der Waals surface area (Å²) in [5.41, 5.74) is 1.66. The van der Waals surface area contributed by atoms with Crippen LogP contribution < -0.4 is 5.32 Å². The number of carbonyl (C=O) groups excluding carboxylic acids is 2. The predicted molar refractivity (Wildman–Crippen MR) is 103 cm³/mol. The highest BCUT2D eigenvalue weighted by molar-refractivity contribution is 5.81. The van der Waals surface area contributed by atoms with Gasteiger partial charge in [-0.2, -0.15) is 0 Å². The summed E-state index contributed by atoms with van der Waals surface area (Å²) < 4.78 is 5.76.